The first kappa shape index (κ1) is 15.0. The summed E-state index contributed by atoms with van der Waals surface area (Å²) < 4.78 is 10.1. The fourth-order valence-electron chi connectivity index (χ4n) is 1.45. The van der Waals surface area contributed by atoms with Gasteiger partial charge in [0, 0.05) is 18.8 Å². The van der Waals surface area contributed by atoms with Crippen LogP contribution in [0.4, 0.5) is 0 Å². The summed E-state index contributed by atoms with van der Waals surface area (Å²) in [6.07, 6.45) is 0.760. The van der Waals surface area contributed by atoms with Gasteiger partial charge in [-0.1, -0.05) is 12.1 Å². The van der Waals surface area contributed by atoms with Gasteiger partial charge >= 0.3 is 5.97 Å². The normalized spacial score (nSPS) is 12.2. The molecular weight excluding hydrogens is 252 g/mol. The van der Waals surface area contributed by atoms with E-state index in [4.69, 9.17) is 14.6 Å². The molecule has 0 amide bonds. The first-order valence-corrected chi connectivity index (χ1v) is 6.30. The van der Waals surface area contributed by atoms with Crippen molar-refractivity contribution in [2.75, 3.05) is 19.8 Å². The molecule has 1 rings (SSSR count). The zero-order valence-electron chi connectivity index (χ0n) is 10.3. The van der Waals surface area contributed by atoms with Crippen LogP contribution in [0.1, 0.15) is 24.2 Å². The Hall–Kier alpha value is -1.04. The van der Waals surface area contributed by atoms with E-state index in [1.54, 1.807) is 12.1 Å². The Kier molecular flexibility index (Phi) is 6.78. The van der Waals surface area contributed by atoms with Crippen molar-refractivity contribution >= 4 is 18.6 Å². The topological polar surface area (TPSA) is 55.8 Å². The van der Waals surface area contributed by atoms with E-state index in [1.807, 2.05) is 12.1 Å². The Balaban J connectivity index is 2.43. The maximum absolute atomic E-state index is 10.8. The van der Waals surface area contributed by atoms with Crippen molar-refractivity contribution in [1.82, 2.24) is 0 Å². The number of aliphatic hydroxyl groups excluding tert-OH is 1. The lowest BCUT2D eigenvalue weighted by Gasteiger charge is -2.11. The molecule has 5 heteroatoms. The molecule has 0 aliphatic heterocycles. The minimum absolute atomic E-state index is 0.0360. The molecule has 0 saturated carbocycles. The molecule has 0 bridgehead atoms. The van der Waals surface area contributed by atoms with Gasteiger partial charge in [-0.25, -0.2) is 0 Å². The molecule has 0 saturated heterocycles. The average Bonchev–Trinajstić information content (AvgIpc) is 2.34. The largest absolute Gasteiger partial charge is 0.427 e. The zero-order valence-corrected chi connectivity index (χ0v) is 11.2. The Bertz CT molecular complexity index is 364. The van der Waals surface area contributed by atoms with Crippen molar-refractivity contribution in [2.45, 2.75) is 18.6 Å². The van der Waals surface area contributed by atoms with Crippen LogP contribution >= 0.6 is 12.6 Å². The molecule has 0 heterocycles. The lowest BCUT2D eigenvalue weighted by atomic mass is 10.1. The second kappa shape index (κ2) is 8.13. The summed E-state index contributed by atoms with van der Waals surface area (Å²) in [5.74, 6) is 0.200. The Morgan fingerprint density at radius 3 is 2.56 bits per heavy atom. The third-order valence-electron chi connectivity index (χ3n) is 2.30. The molecule has 1 aromatic rings. The summed E-state index contributed by atoms with van der Waals surface area (Å²) in [5.41, 5.74) is 1.04. The van der Waals surface area contributed by atoms with Gasteiger partial charge in [-0.05, 0) is 24.1 Å². The molecule has 1 N–H and O–H groups in total. The van der Waals surface area contributed by atoms with E-state index in [0.717, 1.165) is 12.0 Å². The van der Waals surface area contributed by atoms with Crippen molar-refractivity contribution < 1.29 is 19.4 Å². The van der Waals surface area contributed by atoms with E-state index < -0.39 is 0 Å². The summed E-state index contributed by atoms with van der Waals surface area (Å²) in [7, 11) is 0. The standard InChI is InChI=1S/C13H18O4S/c1-10(15)17-12-4-2-11(3-5-12)13(18)6-8-16-9-7-14/h2-5,13-14,18H,6-9H2,1H3. The zero-order chi connectivity index (χ0) is 13.4. The van der Waals surface area contributed by atoms with Crippen LogP contribution < -0.4 is 4.74 Å². The van der Waals surface area contributed by atoms with Crippen molar-refractivity contribution in [3.63, 3.8) is 0 Å². The van der Waals surface area contributed by atoms with E-state index in [-0.39, 0.29) is 17.8 Å². The molecule has 1 aromatic carbocycles. The third kappa shape index (κ3) is 5.53. The third-order valence-corrected chi connectivity index (χ3v) is 2.85. The monoisotopic (exact) mass is 270 g/mol. The molecule has 18 heavy (non-hydrogen) atoms. The van der Waals surface area contributed by atoms with Crippen molar-refractivity contribution in [3.05, 3.63) is 29.8 Å². The number of hydrogen-bond acceptors (Lipinski definition) is 5. The van der Waals surface area contributed by atoms with Gasteiger partial charge in [0.2, 0.25) is 0 Å². The van der Waals surface area contributed by atoms with Crippen LogP contribution in [0.2, 0.25) is 0 Å². The van der Waals surface area contributed by atoms with Crippen LogP contribution in [-0.2, 0) is 9.53 Å². The van der Waals surface area contributed by atoms with Gasteiger partial charge in [-0.3, -0.25) is 4.79 Å². The summed E-state index contributed by atoms with van der Waals surface area (Å²) >= 11 is 4.48. The number of carbonyl (C=O) groups is 1. The average molecular weight is 270 g/mol. The summed E-state index contributed by atoms with van der Waals surface area (Å²) in [4.78, 5) is 10.8. The first-order chi connectivity index (χ1) is 8.63. The van der Waals surface area contributed by atoms with Crippen LogP contribution in [0.5, 0.6) is 5.75 Å². The number of thiol groups is 1. The van der Waals surface area contributed by atoms with E-state index in [1.165, 1.54) is 6.92 Å². The highest BCUT2D eigenvalue weighted by molar-refractivity contribution is 7.80. The van der Waals surface area contributed by atoms with E-state index in [0.29, 0.717) is 19.0 Å². The van der Waals surface area contributed by atoms with E-state index >= 15 is 0 Å². The van der Waals surface area contributed by atoms with Crippen LogP contribution in [0, 0.1) is 0 Å². The molecule has 100 valence electrons. The smallest absolute Gasteiger partial charge is 0.308 e. The van der Waals surface area contributed by atoms with Gasteiger partial charge in [0.1, 0.15) is 5.75 Å². The fourth-order valence-corrected chi connectivity index (χ4v) is 1.73. The molecule has 0 aliphatic rings. The molecule has 0 aliphatic carbocycles. The summed E-state index contributed by atoms with van der Waals surface area (Å²) in [6, 6.07) is 7.24. The molecule has 0 spiro atoms. The van der Waals surface area contributed by atoms with E-state index in [2.05, 4.69) is 12.6 Å². The van der Waals surface area contributed by atoms with Gasteiger partial charge in [-0.2, -0.15) is 12.6 Å². The van der Waals surface area contributed by atoms with Gasteiger partial charge in [0.05, 0.1) is 13.2 Å². The van der Waals surface area contributed by atoms with Crippen LogP contribution in [-0.4, -0.2) is 30.9 Å². The predicted octanol–water partition coefficient (Wildman–Crippen LogP) is 1.98. The fraction of sp³-hybridized carbons (Fsp3) is 0.462. The predicted molar refractivity (Wildman–Crippen MR) is 72.0 cm³/mol. The van der Waals surface area contributed by atoms with Crippen molar-refractivity contribution in [1.29, 1.82) is 0 Å². The lowest BCUT2D eigenvalue weighted by Crippen LogP contribution is -2.04. The number of aliphatic hydroxyl groups is 1. The summed E-state index contributed by atoms with van der Waals surface area (Å²) in [6.45, 7) is 2.31. The van der Waals surface area contributed by atoms with Gasteiger partial charge in [0.15, 0.2) is 0 Å². The molecule has 1 atom stereocenters. The molecule has 1 unspecified atom stereocenters. The maximum Gasteiger partial charge on any atom is 0.308 e. The number of ether oxygens (including phenoxy) is 2. The van der Waals surface area contributed by atoms with E-state index in [9.17, 15) is 4.79 Å². The van der Waals surface area contributed by atoms with Gasteiger partial charge in [-0.15, -0.1) is 0 Å². The molecule has 0 fully saturated rings. The Morgan fingerprint density at radius 2 is 2.00 bits per heavy atom. The SMILES string of the molecule is CC(=O)Oc1ccc(C(S)CCOCCO)cc1. The number of rotatable bonds is 7. The van der Waals surface area contributed by atoms with Crippen LogP contribution in [0.25, 0.3) is 0 Å². The highest BCUT2D eigenvalue weighted by Gasteiger charge is 2.07. The molecular formula is C13H18O4S. The van der Waals surface area contributed by atoms with Crippen molar-refractivity contribution in [3.8, 4) is 5.75 Å². The first-order valence-electron chi connectivity index (χ1n) is 5.78. The lowest BCUT2D eigenvalue weighted by molar-refractivity contribution is -0.131. The van der Waals surface area contributed by atoms with Crippen LogP contribution in [0.15, 0.2) is 24.3 Å². The highest BCUT2D eigenvalue weighted by Crippen LogP contribution is 2.25. The Labute approximate surface area is 112 Å². The maximum atomic E-state index is 10.8. The van der Waals surface area contributed by atoms with Gasteiger partial charge < -0.3 is 14.6 Å². The van der Waals surface area contributed by atoms with Gasteiger partial charge in [0.25, 0.3) is 0 Å². The van der Waals surface area contributed by atoms with Crippen LogP contribution in [0.3, 0.4) is 0 Å². The Morgan fingerprint density at radius 1 is 1.33 bits per heavy atom. The second-order valence-corrected chi connectivity index (χ2v) is 4.43. The second-order valence-electron chi connectivity index (χ2n) is 3.80. The summed E-state index contributed by atoms with van der Waals surface area (Å²) in [5, 5.41) is 8.63. The quantitative estimate of drug-likeness (QED) is 0.344. The molecule has 0 radical (unpaired) electrons. The highest BCUT2D eigenvalue weighted by atomic mass is 32.1. The minimum Gasteiger partial charge on any atom is -0.427 e. The molecule has 0 aromatic heterocycles. The number of carbonyl (C=O) groups excluding carboxylic acids is 1. The number of hydrogen-bond donors (Lipinski definition) is 2. The number of benzene rings is 1. The minimum atomic E-state index is -0.331. The van der Waals surface area contributed by atoms with Crippen molar-refractivity contribution in [2.24, 2.45) is 0 Å². The number of esters is 1. The molecule has 4 nitrogen and oxygen atoms in total.